The van der Waals surface area contributed by atoms with Crippen LogP contribution >= 0.6 is 0 Å². The molecule has 0 aromatic rings. The molecule has 0 fully saturated rings. The van der Waals surface area contributed by atoms with E-state index in [1.165, 1.54) is 20.8 Å². The fourth-order valence-corrected chi connectivity index (χ4v) is 1.52. The molecule has 240 valence electrons. The largest absolute Gasteiger partial charge is 0.346 e. The molecule has 0 rings (SSSR count). The second kappa shape index (κ2) is 18.7. The minimum atomic E-state index is -0.427. The Morgan fingerprint density at radius 1 is 0.488 bits per heavy atom. The predicted molar refractivity (Wildman–Crippen MR) is 165 cm³/mol. The van der Waals surface area contributed by atoms with E-state index < -0.39 is 10.8 Å². The Balaban J connectivity index is -0.000000227. The van der Waals surface area contributed by atoms with Crippen molar-refractivity contribution in [1.82, 2.24) is 10.6 Å². The summed E-state index contributed by atoms with van der Waals surface area (Å²) >= 11 is 0. The topological polar surface area (TPSA) is 144 Å². The van der Waals surface area contributed by atoms with E-state index in [9.17, 15) is 33.6 Å². The normalized spacial score (nSPS) is 12.7. The van der Waals surface area contributed by atoms with Crippen molar-refractivity contribution in [2.75, 3.05) is 0 Å². The van der Waals surface area contributed by atoms with Crippen LogP contribution in [0, 0.1) is 21.7 Å². The molecule has 0 aliphatic rings. The van der Waals surface area contributed by atoms with Gasteiger partial charge in [0.2, 0.25) is 11.8 Å². The lowest BCUT2D eigenvalue weighted by Gasteiger charge is -2.20. The molecule has 0 saturated carbocycles. The number of hydrogen-bond donors (Lipinski definition) is 2. The van der Waals surface area contributed by atoms with Crippen LogP contribution < -0.4 is 10.6 Å². The van der Waals surface area contributed by atoms with Gasteiger partial charge < -0.3 is 10.6 Å². The Kier molecular flexibility index (Phi) is 20.6. The van der Waals surface area contributed by atoms with Gasteiger partial charge in [-0.15, -0.1) is 0 Å². The van der Waals surface area contributed by atoms with Crippen molar-refractivity contribution in [3.63, 3.8) is 0 Å². The summed E-state index contributed by atoms with van der Waals surface area (Å²) in [5.74, 6) is -0.0250. The van der Waals surface area contributed by atoms with Gasteiger partial charge in [-0.25, -0.2) is 0 Å². The molecule has 9 nitrogen and oxygen atoms in total. The molecule has 2 N–H and O–H groups in total. The minimum Gasteiger partial charge on any atom is -0.346 e. The average molecular weight is 585 g/mol. The van der Waals surface area contributed by atoms with Gasteiger partial charge in [-0.05, 0) is 41.5 Å². The van der Waals surface area contributed by atoms with Crippen molar-refractivity contribution in [3.05, 3.63) is 0 Å². The lowest BCUT2D eigenvalue weighted by Crippen LogP contribution is -2.43. The fraction of sp³-hybridized carbons (Fsp3) is 0.781. The SMILES string of the molecule is CC(=O)C(C)(C)C.CC(=O)CC(=O)C(C)(C)C.CC(=O)[C@@H](C)NC(=O)C(C)(C)C.CC(=O)[C@H](C)NC(=O)C(C)(C)C. The van der Waals surface area contributed by atoms with Gasteiger partial charge in [-0.1, -0.05) is 83.1 Å². The fourth-order valence-electron chi connectivity index (χ4n) is 1.52. The molecule has 0 aliphatic heterocycles. The van der Waals surface area contributed by atoms with E-state index in [-0.39, 0.29) is 70.1 Å². The summed E-state index contributed by atoms with van der Waals surface area (Å²) in [7, 11) is 0. The van der Waals surface area contributed by atoms with Crippen molar-refractivity contribution < 1.29 is 33.6 Å². The molecule has 0 aromatic heterocycles. The number of ketones is 5. The van der Waals surface area contributed by atoms with Crippen LogP contribution in [0.3, 0.4) is 0 Å². The van der Waals surface area contributed by atoms with Crippen LogP contribution in [0.1, 0.15) is 131 Å². The predicted octanol–water partition coefficient (Wildman–Crippen LogP) is 5.45. The summed E-state index contributed by atoms with van der Waals surface area (Å²) in [5.41, 5.74) is -1.36. The first kappa shape index (κ1) is 45.3. The highest BCUT2D eigenvalue weighted by atomic mass is 16.2. The summed E-state index contributed by atoms with van der Waals surface area (Å²) in [4.78, 5) is 76.2. The summed E-state index contributed by atoms with van der Waals surface area (Å²) in [6.07, 6.45) is 0.0729. The average Bonchev–Trinajstić information content (AvgIpc) is 2.71. The Morgan fingerprint density at radius 3 is 0.829 bits per heavy atom. The van der Waals surface area contributed by atoms with E-state index in [4.69, 9.17) is 0 Å². The molecule has 0 heterocycles. The van der Waals surface area contributed by atoms with Crippen LogP contribution in [-0.4, -0.2) is 52.8 Å². The smallest absolute Gasteiger partial charge is 0.225 e. The van der Waals surface area contributed by atoms with Crippen LogP contribution in [-0.2, 0) is 33.6 Å². The molecule has 2 amide bonds. The number of nitrogens with one attached hydrogen (secondary N) is 2. The first-order chi connectivity index (χ1) is 17.8. The summed E-state index contributed by atoms with van der Waals surface area (Å²) in [6.45, 7) is 31.4. The summed E-state index contributed by atoms with van der Waals surface area (Å²) in [6, 6.07) is -0.756. The number of carbonyl (C=O) groups excluding carboxylic acids is 7. The molecule has 0 aromatic carbocycles. The van der Waals surface area contributed by atoms with Gasteiger partial charge in [0.15, 0.2) is 11.6 Å². The molecule has 0 unspecified atom stereocenters. The van der Waals surface area contributed by atoms with Crippen molar-refractivity contribution in [2.45, 2.75) is 143 Å². The zero-order chi connectivity index (χ0) is 34.3. The number of hydrogen-bond acceptors (Lipinski definition) is 7. The molecule has 0 spiro atoms. The van der Waals surface area contributed by atoms with Crippen LogP contribution in [0.15, 0.2) is 0 Å². The third-order valence-corrected chi connectivity index (χ3v) is 5.58. The van der Waals surface area contributed by atoms with Crippen LogP contribution in [0.5, 0.6) is 0 Å². The lowest BCUT2D eigenvalue weighted by molar-refractivity contribution is -0.132. The lowest BCUT2D eigenvalue weighted by atomic mass is 9.88. The Labute approximate surface area is 249 Å². The maximum atomic E-state index is 11.3. The highest BCUT2D eigenvalue weighted by Gasteiger charge is 2.24. The van der Waals surface area contributed by atoms with Gasteiger partial charge >= 0.3 is 0 Å². The number of amides is 2. The number of Topliss-reactive ketones (excluding diaryl/α,β-unsaturated/α-hetero) is 5. The Bertz CT molecular complexity index is 862. The summed E-state index contributed by atoms with van der Waals surface area (Å²) < 4.78 is 0. The van der Waals surface area contributed by atoms with Crippen molar-refractivity contribution in [2.24, 2.45) is 21.7 Å². The minimum absolute atomic E-state index is 0.0139. The molecular weight excluding hydrogens is 524 g/mol. The highest BCUT2D eigenvalue weighted by molar-refractivity contribution is 6.00. The second-order valence-electron chi connectivity index (χ2n) is 14.5. The molecule has 0 aliphatic carbocycles. The molecule has 0 bridgehead atoms. The molecule has 9 heteroatoms. The van der Waals surface area contributed by atoms with Crippen LogP contribution in [0.4, 0.5) is 0 Å². The third kappa shape index (κ3) is 27.2. The van der Waals surface area contributed by atoms with E-state index in [1.807, 2.05) is 83.1 Å². The van der Waals surface area contributed by atoms with Gasteiger partial charge in [0, 0.05) is 21.7 Å². The van der Waals surface area contributed by atoms with Gasteiger partial charge in [-0.3, -0.25) is 33.6 Å². The summed E-state index contributed by atoms with van der Waals surface area (Å²) in [5, 5.41) is 5.26. The van der Waals surface area contributed by atoms with E-state index in [0.717, 1.165) is 0 Å². The molecule has 41 heavy (non-hydrogen) atoms. The van der Waals surface area contributed by atoms with Gasteiger partial charge in [0.1, 0.15) is 17.3 Å². The quantitative estimate of drug-likeness (QED) is 0.395. The van der Waals surface area contributed by atoms with Crippen LogP contribution in [0.25, 0.3) is 0 Å². The van der Waals surface area contributed by atoms with Crippen molar-refractivity contribution >= 4 is 40.7 Å². The standard InChI is InChI=1S/2C9H17NO2.C8H14O2.C6H12O/c2*1-6(7(2)11)10-8(12)9(3,4)5;1-6(9)5-7(10)8(2,3)4;1-5(7)6(2,3)4/h2*6H,1-5H3,(H,10,12);5H2,1-4H3;1-4H3/t2*6-;;/m10../s1. The van der Waals surface area contributed by atoms with Crippen molar-refractivity contribution in [1.29, 1.82) is 0 Å². The van der Waals surface area contributed by atoms with Gasteiger partial charge in [0.25, 0.3) is 0 Å². The van der Waals surface area contributed by atoms with Gasteiger partial charge in [-0.2, -0.15) is 0 Å². The second-order valence-corrected chi connectivity index (χ2v) is 14.5. The monoisotopic (exact) mass is 584 g/mol. The zero-order valence-electron chi connectivity index (χ0n) is 29.2. The highest BCUT2D eigenvalue weighted by Crippen LogP contribution is 2.16. The molecule has 0 radical (unpaired) electrons. The third-order valence-electron chi connectivity index (χ3n) is 5.58. The maximum Gasteiger partial charge on any atom is 0.225 e. The molecular formula is C32H60N2O7. The van der Waals surface area contributed by atoms with E-state index >= 15 is 0 Å². The number of carbonyl (C=O) groups is 7. The van der Waals surface area contributed by atoms with Gasteiger partial charge in [0.05, 0.1) is 18.5 Å². The van der Waals surface area contributed by atoms with E-state index in [2.05, 4.69) is 10.6 Å². The zero-order valence-corrected chi connectivity index (χ0v) is 29.2. The van der Waals surface area contributed by atoms with E-state index in [1.54, 1.807) is 20.8 Å². The maximum absolute atomic E-state index is 11.3. The van der Waals surface area contributed by atoms with E-state index in [0.29, 0.717) is 0 Å². The number of rotatable bonds is 6. The van der Waals surface area contributed by atoms with Crippen LogP contribution in [0.2, 0.25) is 0 Å². The van der Waals surface area contributed by atoms with Crippen molar-refractivity contribution in [3.8, 4) is 0 Å². The molecule has 2 atom stereocenters. The first-order valence-corrected chi connectivity index (χ1v) is 13.9. The molecule has 0 saturated heterocycles. The Morgan fingerprint density at radius 2 is 0.732 bits per heavy atom. The first-order valence-electron chi connectivity index (χ1n) is 13.9. The Hall–Kier alpha value is -2.71.